The van der Waals surface area contributed by atoms with E-state index >= 15 is 0 Å². The standard InChI is InChI=1S/C20H32N2O2/c1-4-5-6-8-16(2)21-20(23)15-22-14-7-9-19(22)17-10-12-18(24-3)13-11-17/h10-13,16,19H,4-9,14-15H2,1-3H3,(H,21,23). The normalized spacial score (nSPS) is 19.2. The Hall–Kier alpha value is -1.55. The van der Waals surface area contributed by atoms with Crippen LogP contribution in [0, 0.1) is 0 Å². The molecule has 1 fully saturated rings. The Bertz CT molecular complexity index is 501. The predicted octanol–water partition coefficient (Wildman–Crippen LogP) is 3.92. The van der Waals surface area contributed by atoms with Crippen LogP contribution in [0.5, 0.6) is 5.75 Å². The first-order valence-electron chi connectivity index (χ1n) is 9.31. The van der Waals surface area contributed by atoms with E-state index in [2.05, 4.69) is 36.2 Å². The largest absolute Gasteiger partial charge is 0.497 e. The maximum Gasteiger partial charge on any atom is 0.234 e. The molecule has 1 aromatic carbocycles. The minimum Gasteiger partial charge on any atom is -0.497 e. The van der Waals surface area contributed by atoms with Gasteiger partial charge in [-0.2, -0.15) is 0 Å². The van der Waals surface area contributed by atoms with Gasteiger partial charge in [0.2, 0.25) is 5.91 Å². The van der Waals surface area contributed by atoms with Crippen molar-refractivity contribution < 1.29 is 9.53 Å². The Balaban J connectivity index is 1.84. The third-order valence-corrected chi connectivity index (χ3v) is 4.86. The van der Waals surface area contributed by atoms with Gasteiger partial charge in [0.25, 0.3) is 0 Å². The second kappa shape index (κ2) is 9.67. The Kier molecular flexibility index (Phi) is 7.57. The Labute approximate surface area is 146 Å². The number of hydrogen-bond acceptors (Lipinski definition) is 3. The maximum absolute atomic E-state index is 12.3. The van der Waals surface area contributed by atoms with Crippen LogP contribution in [0.15, 0.2) is 24.3 Å². The molecule has 0 spiro atoms. The molecule has 4 heteroatoms. The van der Waals surface area contributed by atoms with E-state index in [0.717, 1.165) is 31.6 Å². The fourth-order valence-corrected chi connectivity index (χ4v) is 3.50. The Morgan fingerprint density at radius 1 is 1.33 bits per heavy atom. The molecule has 0 bridgehead atoms. The molecule has 1 heterocycles. The van der Waals surface area contributed by atoms with Crippen LogP contribution in [0.1, 0.15) is 64.0 Å². The van der Waals surface area contributed by atoms with E-state index in [9.17, 15) is 4.79 Å². The van der Waals surface area contributed by atoms with Gasteiger partial charge in [-0.15, -0.1) is 0 Å². The number of nitrogens with zero attached hydrogens (tertiary/aromatic N) is 1. The summed E-state index contributed by atoms with van der Waals surface area (Å²) in [5.41, 5.74) is 1.28. The molecule has 1 aromatic rings. The molecule has 134 valence electrons. The van der Waals surface area contributed by atoms with Gasteiger partial charge >= 0.3 is 0 Å². The number of nitrogens with one attached hydrogen (secondary N) is 1. The second-order valence-corrected chi connectivity index (χ2v) is 6.87. The summed E-state index contributed by atoms with van der Waals surface area (Å²) in [6.45, 7) is 5.80. The summed E-state index contributed by atoms with van der Waals surface area (Å²) in [6, 6.07) is 8.85. The number of carbonyl (C=O) groups excluding carboxylic acids is 1. The van der Waals surface area contributed by atoms with E-state index in [-0.39, 0.29) is 11.9 Å². The lowest BCUT2D eigenvalue weighted by molar-refractivity contribution is -0.123. The number of rotatable bonds is 9. The van der Waals surface area contributed by atoms with Crippen LogP contribution in [0.3, 0.4) is 0 Å². The molecule has 1 aliphatic heterocycles. The average Bonchev–Trinajstić information content (AvgIpc) is 3.03. The first-order chi connectivity index (χ1) is 11.6. The van der Waals surface area contributed by atoms with Gasteiger partial charge in [-0.25, -0.2) is 0 Å². The van der Waals surface area contributed by atoms with Crippen molar-refractivity contribution in [2.45, 2.75) is 64.5 Å². The quantitative estimate of drug-likeness (QED) is 0.697. The van der Waals surface area contributed by atoms with Crippen LogP contribution in [0.25, 0.3) is 0 Å². The highest BCUT2D eigenvalue weighted by Gasteiger charge is 2.27. The van der Waals surface area contributed by atoms with E-state index in [4.69, 9.17) is 4.74 Å². The number of carbonyl (C=O) groups is 1. The third kappa shape index (κ3) is 5.52. The van der Waals surface area contributed by atoms with Crippen LogP contribution in [0.4, 0.5) is 0 Å². The summed E-state index contributed by atoms with van der Waals surface area (Å²) in [6.07, 6.45) is 6.99. The molecular formula is C20H32N2O2. The number of unbranched alkanes of at least 4 members (excludes halogenated alkanes) is 2. The van der Waals surface area contributed by atoms with Gasteiger partial charge in [0.15, 0.2) is 0 Å². The second-order valence-electron chi connectivity index (χ2n) is 6.87. The zero-order valence-electron chi connectivity index (χ0n) is 15.4. The molecule has 1 aliphatic rings. The van der Waals surface area contributed by atoms with Crippen LogP contribution in [-0.2, 0) is 4.79 Å². The van der Waals surface area contributed by atoms with E-state index in [1.165, 1.54) is 24.8 Å². The van der Waals surface area contributed by atoms with E-state index < -0.39 is 0 Å². The van der Waals surface area contributed by atoms with Crippen LogP contribution in [-0.4, -0.2) is 37.0 Å². The van der Waals surface area contributed by atoms with Crippen molar-refractivity contribution in [1.82, 2.24) is 10.2 Å². The summed E-state index contributed by atoms with van der Waals surface area (Å²) in [5, 5.41) is 3.16. The molecule has 1 saturated heterocycles. The van der Waals surface area contributed by atoms with Crippen LogP contribution < -0.4 is 10.1 Å². The van der Waals surface area contributed by atoms with E-state index in [1.54, 1.807) is 7.11 Å². The molecule has 2 atom stereocenters. The van der Waals surface area contributed by atoms with Crippen molar-refractivity contribution in [1.29, 1.82) is 0 Å². The number of benzene rings is 1. The lowest BCUT2D eigenvalue weighted by Crippen LogP contribution is -2.40. The highest BCUT2D eigenvalue weighted by Crippen LogP contribution is 2.32. The van der Waals surface area contributed by atoms with Gasteiger partial charge in [0, 0.05) is 12.1 Å². The number of methoxy groups -OCH3 is 1. The number of amides is 1. The highest BCUT2D eigenvalue weighted by atomic mass is 16.5. The van der Waals surface area contributed by atoms with Crippen molar-refractivity contribution in [3.05, 3.63) is 29.8 Å². The molecule has 0 radical (unpaired) electrons. The summed E-state index contributed by atoms with van der Waals surface area (Å²) in [5.74, 6) is 1.03. The van der Waals surface area contributed by atoms with Crippen LogP contribution in [0.2, 0.25) is 0 Å². The fourth-order valence-electron chi connectivity index (χ4n) is 3.50. The monoisotopic (exact) mass is 332 g/mol. The van der Waals surface area contributed by atoms with Crippen molar-refractivity contribution >= 4 is 5.91 Å². The zero-order chi connectivity index (χ0) is 17.4. The lowest BCUT2D eigenvalue weighted by Gasteiger charge is -2.25. The molecule has 0 aromatic heterocycles. The van der Waals surface area contributed by atoms with Crippen molar-refractivity contribution in [3.8, 4) is 5.75 Å². The lowest BCUT2D eigenvalue weighted by atomic mass is 10.0. The highest BCUT2D eigenvalue weighted by molar-refractivity contribution is 5.78. The summed E-state index contributed by atoms with van der Waals surface area (Å²) in [7, 11) is 1.68. The number of ether oxygens (including phenoxy) is 1. The number of hydrogen-bond donors (Lipinski definition) is 1. The van der Waals surface area contributed by atoms with Gasteiger partial charge in [-0.05, 0) is 50.4 Å². The Morgan fingerprint density at radius 3 is 2.75 bits per heavy atom. The molecule has 0 saturated carbocycles. The zero-order valence-corrected chi connectivity index (χ0v) is 15.4. The van der Waals surface area contributed by atoms with Gasteiger partial charge in [0.05, 0.1) is 13.7 Å². The molecule has 24 heavy (non-hydrogen) atoms. The summed E-state index contributed by atoms with van der Waals surface area (Å²) >= 11 is 0. The van der Waals surface area contributed by atoms with Crippen molar-refractivity contribution in [3.63, 3.8) is 0 Å². The topological polar surface area (TPSA) is 41.6 Å². The minimum atomic E-state index is 0.152. The number of likely N-dealkylation sites (tertiary alicyclic amines) is 1. The minimum absolute atomic E-state index is 0.152. The SMILES string of the molecule is CCCCCC(C)NC(=O)CN1CCCC1c1ccc(OC)cc1. The average molecular weight is 332 g/mol. The van der Waals surface area contributed by atoms with Crippen molar-refractivity contribution in [2.75, 3.05) is 20.2 Å². The smallest absolute Gasteiger partial charge is 0.234 e. The summed E-state index contributed by atoms with van der Waals surface area (Å²) < 4.78 is 5.23. The van der Waals surface area contributed by atoms with Crippen LogP contribution >= 0.6 is 0 Å². The third-order valence-electron chi connectivity index (χ3n) is 4.86. The van der Waals surface area contributed by atoms with Gasteiger partial charge in [0.1, 0.15) is 5.75 Å². The summed E-state index contributed by atoms with van der Waals surface area (Å²) in [4.78, 5) is 14.6. The Morgan fingerprint density at radius 2 is 2.08 bits per heavy atom. The molecule has 1 amide bonds. The predicted molar refractivity (Wildman–Crippen MR) is 98.3 cm³/mol. The fraction of sp³-hybridized carbons (Fsp3) is 0.650. The van der Waals surface area contributed by atoms with E-state index in [0.29, 0.717) is 12.6 Å². The molecular weight excluding hydrogens is 300 g/mol. The van der Waals surface area contributed by atoms with Gasteiger partial charge < -0.3 is 10.1 Å². The van der Waals surface area contributed by atoms with Crippen molar-refractivity contribution in [2.24, 2.45) is 0 Å². The van der Waals surface area contributed by atoms with E-state index in [1.807, 2.05) is 12.1 Å². The first-order valence-corrected chi connectivity index (χ1v) is 9.31. The maximum atomic E-state index is 12.3. The molecule has 2 rings (SSSR count). The molecule has 1 N–H and O–H groups in total. The molecule has 4 nitrogen and oxygen atoms in total. The molecule has 2 unspecified atom stereocenters. The van der Waals surface area contributed by atoms with Gasteiger partial charge in [-0.3, -0.25) is 9.69 Å². The molecule has 0 aliphatic carbocycles. The first kappa shape index (κ1) is 18.8. The van der Waals surface area contributed by atoms with Gasteiger partial charge in [-0.1, -0.05) is 38.3 Å².